The number of benzene rings is 2. The first-order valence-electron chi connectivity index (χ1n) is 8.91. The van der Waals surface area contributed by atoms with Gasteiger partial charge in [-0.25, -0.2) is 0 Å². The van der Waals surface area contributed by atoms with Gasteiger partial charge in [0.25, 0.3) is 0 Å². The second-order valence-corrected chi connectivity index (χ2v) is 6.81. The van der Waals surface area contributed by atoms with Crippen molar-refractivity contribution in [1.82, 2.24) is 14.9 Å². The van der Waals surface area contributed by atoms with Gasteiger partial charge in [0, 0.05) is 11.3 Å². The van der Waals surface area contributed by atoms with Crippen molar-refractivity contribution in [3.63, 3.8) is 0 Å². The van der Waals surface area contributed by atoms with Crippen LogP contribution in [0.25, 0.3) is 11.4 Å². The number of fused-ring (bicyclic) bond motifs is 1. The molecule has 3 aromatic rings. The minimum atomic E-state index is 0.622. The maximum Gasteiger partial charge on any atom is 0.212 e. The molecule has 27 heavy (non-hydrogen) atoms. The maximum absolute atomic E-state index is 5.60. The van der Waals surface area contributed by atoms with Gasteiger partial charge >= 0.3 is 0 Å². The average Bonchev–Trinajstić information content (AvgIpc) is 3.13. The monoisotopic (exact) mass is 380 g/mol. The van der Waals surface area contributed by atoms with E-state index in [9.17, 15) is 0 Å². The second kappa shape index (κ2) is 7.84. The summed E-state index contributed by atoms with van der Waals surface area (Å²) in [6.45, 7) is 5.22. The second-order valence-electron chi connectivity index (χ2n) is 5.87. The number of thioether (sulfide) groups is 1. The molecule has 0 aliphatic carbocycles. The zero-order valence-electron chi connectivity index (χ0n) is 15.3. The van der Waals surface area contributed by atoms with Gasteiger partial charge in [-0.05, 0) is 55.8 Å². The van der Waals surface area contributed by atoms with Gasteiger partial charge in [-0.15, -0.1) is 10.2 Å². The molecule has 0 saturated heterocycles. The lowest BCUT2D eigenvalue weighted by Gasteiger charge is -2.14. The van der Waals surface area contributed by atoms with Crippen LogP contribution in [-0.2, 0) is 0 Å². The van der Waals surface area contributed by atoms with Crippen LogP contribution in [0, 0.1) is 0 Å². The van der Waals surface area contributed by atoms with Gasteiger partial charge in [-0.2, -0.15) is 9.78 Å². The van der Waals surface area contributed by atoms with E-state index in [1.165, 1.54) is 0 Å². The Morgan fingerprint density at radius 1 is 0.926 bits per heavy atom. The van der Waals surface area contributed by atoms with Crippen LogP contribution in [0.3, 0.4) is 0 Å². The molecule has 0 radical (unpaired) electrons. The highest BCUT2D eigenvalue weighted by molar-refractivity contribution is 7.99. The van der Waals surface area contributed by atoms with E-state index in [0.29, 0.717) is 19.0 Å². The molecule has 6 nitrogen and oxygen atoms in total. The van der Waals surface area contributed by atoms with Gasteiger partial charge in [0.2, 0.25) is 5.16 Å². The molecule has 0 atom stereocenters. The van der Waals surface area contributed by atoms with Gasteiger partial charge in [0.15, 0.2) is 5.82 Å². The van der Waals surface area contributed by atoms with E-state index in [1.54, 1.807) is 11.8 Å². The predicted octanol–water partition coefficient (Wildman–Crippen LogP) is 4.10. The Bertz CT molecular complexity index is 966. The first-order valence-corrected chi connectivity index (χ1v) is 9.89. The molecule has 0 spiro atoms. The Labute approximate surface area is 162 Å². The summed E-state index contributed by atoms with van der Waals surface area (Å²) in [6, 6.07) is 15.9. The van der Waals surface area contributed by atoms with Gasteiger partial charge in [-0.3, -0.25) is 0 Å². The number of ether oxygens (including phenoxy) is 2. The SMILES string of the molecule is CCOc1ccc(C2=Nn3c(nnc3-c3cccc(OCC)c3)SC2)cc1. The lowest BCUT2D eigenvalue weighted by molar-refractivity contribution is 0.340. The summed E-state index contributed by atoms with van der Waals surface area (Å²) in [5, 5.41) is 14.2. The van der Waals surface area contributed by atoms with Crippen molar-refractivity contribution in [1.29, 1.82) is 0 Å². The molecule has 2 aromatic carbocycles. The smallest absolute Gasteiger partial charge is 0.212 e. The van der Waals surface area contributed by atoms with E-state index in [2.05, 4.69) is 10.2 Å². The highest BCUT2D eigenvalue weighted by atomic mass is 32.2. The molecule has 0 fully saturated rings. The van der Waals surface area contributed by atoms with Crippen molar-refractivity contribution >= 4 is 17.5 Å². The molecule has 138 valence electrons. The molecular formula is C20H20N4O2S. The summed E-state index contributed by atoms with van der Waals surface area (Å²) in [6.07, 6.45) is 0. The third-order valence-corrected chi connectivity index (χ3v) is 5.00. The lowest BCUT2D eigenvalue weighted by atomic mass is 10.1. The molecule has 0 N–H and O–H groups in total. The van der Waals surface area contributed by atoms with Crippen molar-refractivity contribution < 1.29 is 9.47 Å². The van der Waals surface area contributed by atoms with Crippen LogP contribution in [0.5, 0.6) is 11.5 Å². The number of rotatable bonds is 6. The summed E-state index contributed by atoms with van der Waals surface area (Å²) < 4.78 is 12.9. The molecule has 2 heterocycles. The molecule has 7 heteroatoms. The summed E-state index contributed by atoms with van der Waals surface area (Å²) in [4.78, 5) is 0. The van der Waals surface area contributed by atoms with Crippen LogP contribution in [0.2, 0.25) is 0 Å². The van der Waals surface area contributed by atoms with Crippen molar-refractivity contribution in [3.8, 4) is 22.9 Å². The molecule has 0 unspecified atom stereocenters. The van der Waals surface area contributed by atoms with Crippen LogP contribution in [0.4, 0.5) is 0 Å². The fourth-order valence-corrected chi connectivity index (χ4v) is 3.69. The first-order chi connectivity index (χ1) is 13.3. The van der Waals surface area contributed by atoms with Gasteiger partial charge in [0.1, 0.15) is 11.5 Å². The van der Waals surface area contributed by atoms with E-state index < -0.39 is 0 Å². The normalized spacial score (nSPS) is 13.0. The Morgan fingerprint density at radius 3 is 2.48 bits per heavy atom. The first kappa shape index (κ1) is 17.6. The number of nitrogens with zero attached hydrogens (tertiary/aromatic N) is 4. The summed E-state index contributed by atoms with van der Waals surface area (Å²) >= 11 is 1.63. The van der Waals surface area contributed by atoms with Crippen LogP contribution in [-0.4, -0.2) is 39.6 Å². The average molecular weight is 380 g/mol. The summed E-state index contributed by atoms with van der Waals surface area (Å²) in [7, 11) is 0. The minimum Gasteiger partial charge on any atom is -0.494 e. The summed E-state index contributed by atoms with van der Waals surface area (Å²) in [5.41, 5.74) is 2.98. The molecule has 1 aromatic heterocycles. The molecule has 1 aliphatic heterocycles. The molecule has 0 saturated carbocycles. The van der Waals surface area contributed by atoms with E-state index in [1.807, 2.05) is 67.1 Å². The standard InChI is InChI=1S/C20H20N4O2S/c1-3-25-16-10-8-14(9-11-16)18-13-27-20-22-21-19(24(20)23-18)15-6-5-7-17(12-15)26-4-2/h5-12H,3-4,13H2,1-2H3. The number of hydrogen-bond donors (Lipinski definition) is 0. The summed E-state index contributed by atoms with van der Waals surface area (Å²) in [5.74, 6) is 3.14. The third-order valence-electron chi connectivity index (χ3n) is 4.07. The maximum atomic E-state index is 5.60. The Kier molecular flexibility index (Phi) is 5.11. The zero-order valence-corrected chi connectivity index (χ0v) is 16.1. The zero-order chi connectivity index (χ0) is 18.6. The lowest BCUT2D eigenvalue weighted by Crippen LogP contribution is -2.13. The van der Waals surface area contributed by atoms with Crippen molar-refractivity contribution in [2.45, 2.75) is 19.0 Å². The van der Waals surface area contributed by atoms with Crippen molar-refractivity contribution in [2.24, 2.45) is 5.10 Å². The van der Waals surface area contributed by atoms with Gasteiger partial charge < -0.3 is 9.47 Å². The molecule has 1 aliphatic rings. The van der Waals surface area contributed by atoms with Crippen molar-refractivity contribution in [2.75, 3.05) is 19.0 Å². The highest BCUT2D eigenvalue weighted by Crippen LogP contribution is 2.30. The quantitative estimate of drug-likeness (QED) is 0.644. The highest BCUT2D eigenvalue weighted by Gasteiger charge is 2.21. The van der Waals surface area contributed by atoms with Crippen LogP contribution < -0.4 is 9.47 Å². The largest absolute Gasteiger partial charge is 0.494 e. The Morgan fingerprint density at radius 2 is 1.70 bits per heavy atom. The van der Waals surface area contributed by atoms with E-state index >= 15 is 0 Å². The van der Waals surface area contributed by atoms with E-state index in [-0.39, 0.29) is 0 Å². The van der Waals surface area contributed by atoms with Gasteiger partial charge in [-0.1, -0.05) is 23.9 Å². The van der Waals surface area contributed by atoms with Crippen LogP contribution in [0.15, 0.2) is 58.8 Å². The molecule has 0 bridgehead atoms. The molecular weight excluding hydrogens is 360 g/mol. The molecule has 0 amide bonds. The minimum absolute atomic E-state index is 0.622. The van der Waals surface area contributed by atoms with E-state index in [4.69, 9.17) is 14.6 Å². The van der Waals surface area contributed by atoms with Crippen molar-refractivity contribution in [3.05, 3.63) is 54.1 Å². The van der Waals surface area contributed by atoms with Crippen LogP contribution in [0.1, 0.15) is 19.4 Å². The Balaban J connectivity index is 1.68. The third kappa shape index (κ3) is 3.68. The number of aromatic nitrogens is 3. The Hall–Kier alpha value is -2.80. The fraction of sp³-hybridized carbons (Fsp3) is 0.250. The fourth-order valence-electron chi connectivity index (χ4n) is 2.85. The molecule has 4 rings (SSSR count). The number of hydrogen-bond acceptors (Lipinski definition) is 6. The van der Waals surface area contributed by atoms with E-state index in [0.717, 1.165) is 39.2 Å². The topological polar surface area (TPSA) is 61.5 Å². The predicted molar refractivity (Wildman–Crippen MR) is 107 cm³/mol. The van der Waals surface area contributed by atoms with Crippen LogP contribution >= 0.6 is 11.8 Å². The van der Waals surface area contributed by atoms with Gasteiger partial charge in [0.05, 0.1) is 18.9 Å².